The van der Waals surface area contributed by atoms with Crippen LogP contribution in [0.2, 0.25) is 0 Å². The van der Waals surface area contributed by atoms with Gasteiger partial charge in [0.25, 0.3) is 5.91 Å². The Morgan fingerprint density at radius 3 is 2.48 bits per heavy atom. The van der Waals surface area contributed by atoms with Crippen molar-refractivity contribution in [1.82, 2.24) is 20.5 Å². The summed E-state index contributed by atoms with van der Waals surface area (Å²) in [5.41, 5.74) is 2.12. The summed E-state index contributed by atoms with van der Waals surface area (Å²) in [7, 11) is 0. The van der Waals surface area contributed by atoms with Crippen LogP contribution in [0, 0.1) is 0 Å². The Kier molecular flexibility index (Phi) is 5.73. The molecule has 1 unspecified atom stereocenters. The monoisotopic (exact) mass is 361 g/mol. The van der Waals surface area contributed by atoms with E-state index in [1.165, 1.54) is 12.4 Å². The molecule has 0 aliphatic carbocycles. The van der Waals surface area contributed by atoms with Crippen LogP contribution in [0.15, 0.2) is 73.6 Å². The lowest BCUT2D eigenvalue weighted by atomic mass is 9.98. The molecule has 0 saturated heterocycles. The first-order valence-electron chi connectivity index (χ1n) is 8.39. The van der Waals surface area contributed by atoms with E-state index in [1.54, 1.807) is 24.3 Å². The molecule has 1 heterocycles. The summed E-state index contributed by atoms with van der Waals surface area (Å²) in [6.45, 7) is 3.77. The number of hydrogen-bond acceptors (Lipinski definition) is 4. The standard InChI is InChI=1S/C20H19N5O2/c1-2-18(26)24-16-10-8-15(9-11-16)20(27)21-12-17(19-22-13-23-25-19)14-6-4-3-5-7-14/h2-11,13,17H,1,12H2,(H,21,27)(H,24,26)(H,22,23,25). The fourth-order valence-electron chi connectivity index (χ4n) is 2.64. The van der Waals surface area contributed by atoms with Gasteiger partial charge in [-0.2, -0.15) is 5.10 Å². The summed E-state index contributed by atoms with van der Waals surface area (Å²) in [4.78, 5) is 28.0. The zero-order valence-electron chi connectivity index (χ0n) is 14.6. The number of carbonyl (C=O) groups excluding carboxylic acids is 2. The molecule has 0 aliphatic heterocycles. The number of amides is 2. The van der Waals surface area contributed by atoms with Crippen LogP contribution in [0.5, 0.6) is 0 Å². The molecule has 27 heavy (non-hydrogen) atoms. The maximum Gasteiger partial charge on any atom is 0.251 e. The normalized spacial score (nSPS) is 11.4. The van der Waals surface area contributed by atoms with Gasteiger partial charge in [-0.1, -0.05) is 36.9 Å². The van der Waals surface area contributed by atoms with Crippen LogP contribution in [-0.4, -0.2) is 33.5 Å². The molecule has 0 radical (unpaired) electrons. The molecule has 7 heteroatoms. The number of carbonyl (C=O) groups is 2. The number of hydrogen-bond donors (Lipinski definition) is 3. The molecule has 3 rings (SSSR count). The second kappa shape index (κ2) is 8.57. The van der Waals surface area contributed by atoms with E-state index >= 15 is 0 Å². The van der Waals surface area contributed by atoms with Crippen LogP contribution in [0.4, 0.5) is 5.69 Å². The minimum Gasteiger partial charge on any atom is -0.351 e. The Labute approximate surface area is 156 Å². The van der Waals surface area contributed by atoms with Crippen molar-refractivity contribution < 1.29 is 9.59 Å². The van der Waals surface area contributed by atoms with Crippen LogP contribution in [0.3, 0.4) is 0 Å². The summed E-state index contributed by atoms with van der Waals surface area (Å²) >= 11 is 0. The third-order valence-electron chi connectivity index (χ3n) is 4.03. The predicted molar refractivity (Wildman–Crippen MR) is 102 cm³/mol. The lowest BCUT2D eigenvalue weighted by Gasteiger charge is -2.16. The zero-order valence-corrected chi connectivity index (χ0v) is 14.6. The number of nitrogens with zero attached hydrogens (tertiary/aromatic N) is 2. The summed E-state index contributed by atoms with van der Waals surface area (Å²) in [5.74, 6) is 0.0368. The second-order valence-corrected chi connectivity index (χ2v) is 5.81. The van der Waals surface area contributed by atoms with Crippen LogP contribution < -0.4 is 10.6 Å². The van der Waals surface area contributed by atoms with Gasteiger partial charge >= 0.3 is 0 Å². The molecule has 0 spiro atoms. The lowest BCUT2D eigenvalue weighted by molar-refractivity contribution is -0.111. The third-order valence-corrected chi connectivity index (χ3v) is 4.03. The Bertz CT molecular complexity index is 905. The van der Waals surface area contributed by atoms with E-state index < -0.39 is 0 Å². The van der Waals surface area contributed by atoms with E-state index in [-0.39, 0.29) is 17.7 Å². The maximum absolute atomic E-state index is 12.5. The molecule has 0 fully saturated rings. The molecular weight excluding hydrogens is 342 g/mol. The topological polar surface area (TPSA) is 99.8 Å². The third kappa shape index (κ3) is 4.66. The summed E-state index contributed by atoms with van der Waals surface area (Å²) < 4.78 is 0. The summed E-state index contributed by atoms with van der Waals surface area (Å²) in [6, 6.07) is 16.4. The van der Waals surface area contributed by atoms with Crippen molar-refractivity contribution >= 4 is 17.5 Å². The molecule has 0 saturated carbocycles. The highest BCUT2D eigenvalue weighted by molar-refractivity contribution is 5.99. The lowest BCUT2D eigenvalue weighted by Crippen LogP contribution is -2.29. The van der Waals surface area contributed by atoms with Crippen molar-refractivity contribution in [3.8, 4) is 0 Å². The molecule has 0 aliphatic rings. The van der Waals surface area contributed by atoms with E-state index in [4.69, 9.17) is 0 Å². The van der Waals surface area contributed by atoms with Crippen LogP contribution >= 0.6 is 0 Å². The number of anilines is 1. The number of aromatic amines is 1. The smallest absolute Gasteiger partial charge is 0.251 e. The Morgan fingerprint density at radius 1 is 1.11 bits per heavy atom. The average Bonchev–Trinajstić information content (AvgIpc) is 3.24. The number of aromatic nitrogens is 3. The summed E-state index contributed by atoms with van der Waals surface area (Å²) in [5, 5.41) is 12.3. The maximum atomic E-state index is 12.5. The van der Waals surface area contributed by atoms with Gasteiger partial charge < -0.3 is 10.6 Å². The average molecular weight is 361 g/mol. The van der Waals surface area contributed by atoms with Gasteiger partial charge in [0.2, 0.25) is 5.91 Å². The number of rotatable bonds is 7. The van der Waals surface area contributed by atoms with Crippen LogP contribution in [0.1, 0.15) is 27.7 Å². The largest absolute Gasteiger partial charge is 0.351 e. The first-order chi connectivity index (χ1) is 13.2. The van der Waals surface area contributed by atoms with Gasteiger partial charge in [0, 0.05) is 17.8 Å². The van der Waals surface area contributed by atoms with Crippen molar-refractivity contribution in [3.63, 3.8) is 0 Å². The Balaban J connectivity index is 1.67. The van der Waals surface area contributed by atoms with Crippen LogP contribution in [0.25, 0.3) is 0 Å². The van der Waals surface area contributed by atoms with E-state index in [0.29, 0.717) is 23.6 Å². The molecule has 2 amide bonds. The highest BCUT2D eigenvalue weighted by Crippen LogP contribution is 2.20. The van der Waals surface area contributed by atoms with Gasteiger partial charge in [0.05, 0.1) is 5.92 Å². The van der Waals surface area contributed by atoms with Gasteiger partial charge in [0.1, 0.15) is 12.2 Å². The molecule has 3 N–H and O–H groups in total. The minimum absolute atomic E-state index is 0.135. The Hall–Kier alpha value is -3.74. The molecule has 7 nitrogen and oxygen atoms in total. The summed E-state index contributed by atoms with van der Waals surface area (Å²) in [6.07, 6.45) is 2.64. The SMILES string of the molecule is C=CC(=O)Nc1ccc(C(=O)NCC(c2ccccc2)c2ncn[nH]2)cc1. The van der Waals surface area contributed by atoms with Gasteiger partial charge in [-0.15, -0.1) is 0 Å². The highest BCUT2D eigenvalue weighted by atomic mass is 16.2. The molecule has 2 aromatic carbocycles. The van der Waals surface area contributed by atoms with Gasteiger partial charge in [-0.05, 0) is 35.9 Å². The first-order valence-corrected chi connectivity index (χ1v) is 8.39. The zero-order chi connectivity index (χ0) is 19.1. The molecule has 136 valence electrons. The van der Waals surface area contributed by atoms with Crippen molar-refractivity contribution in [1.29, 1.82) is 0 Å². The van der Waals surface area contributed by atoms with Gasteiger partial charge in [-0.3, -0.25) is 14.7 Å². The van der Waals surface area contributed by atoms with Gasteiger partial charge in [-0.25, -0.2) is 4.98 Å². The molecule has 3 aromatic rings. The number of nitrogens with one attached hydrogen (secondary N) is 3. The van der Waals surface area contributed by atoms with E-state index in [0.717, 1.165) is 5.56 Å². The van der Waals surface area contributed by atoms with E-state index in [9.17, 15) is 9.59 Å². The molecule has 1 aromatic heterocycles. The molecule has 0 bridgehead atoms. The minimum atomic E-state index is -0.301. The van der Waals surface area contributed by atoms with Crippen molar-refractivity contribution in [2.75, 3.05) is 11.9 Å². The van der Waals surface area contributed by atoms with Crippen molar-refractivity contribution in [3.05, 3.63) is 90.5 Å². The van der Waals surface area contributed by atoms with Crippen LogP contribution in [-0.2, 0) is 4.79 Å². The quantitative estimate of drug-likeness (QED) is 0.563. The fraction of sp³-hybridized carbons (Fsp3) is 0.100. The van der Waals surface area contributed by atoms with Crippen molar-refractivity contribution in [2.45, 2.75) is 5.92 Å². The second-order valence-electron chi connectivity index (χ2n) is 5.81. The Morgan fingerprint density at radius 2 is 1.85 bits per heavy atom. The van der Waals surface area contributed by atoms with E-state index in [1.807, 2.05) is 30.3 Å². The number of H-pyrrole nitrogens is 1. The predicted octanol–water partition coefficient (Wildman–Crippen LogP) is 2.49. The molecule has 1 atom stereocenters. The van der Waals surface area contributed by atoms with Gasteiger partial charge in [0.15, 0.2) is 0 Å². The van der Waals surface area contributed by atoms with E-state index in [2.05, 4.69) is 32.4 Å². The van der Waals surface area contributed by atoms with Crippen molar-refractivity contribution in [2.24, 2.45) is 0 Å². The fourth-order valence-corrected chi connectivity index (χ4v) is 2.64. The molecular formula is C20H19N5O2. The highest BCUT2D eigenvalue weighted by Gasteiger charge is 2.18. The number of benzene rings is 2. The first kappa shape index (κ1) is 18.1.